The number of nitrogens with zero attached hydrogens (tertiary/aromatic N) is 4. The fourth-order valence-corrected chi connectivity index (χ4v) is 3.82. The van der Waals surface area contributed by atoms with E-state index in [-0.39, 0.29) is 35.9 Å². The summed E-state index contributed by atoms with van der Waals surface area (Å²) in [5.74, 6) is 0. The highest BCUT2D eigenvalue weighted by atomic mass is 79.9. The van der Waals surface area contributed by atoms with Gasteiger partial charge in [-0.2, -0.15) is 4.31 Å². The summed E-state index contributed by atoms with van der Waals surface area (Å²) in [5, 5.41) is 16.2. The van der Waals surface area contributed by atoms with Crippen LogP contribution < -0.4 is 0 Å². The monoisotopic (exact) mass is 342 g/mol. The van der Waals surface area contributed by atoms with Crippen molar-refractivity contribution in [3.63, 3.8) is 0 Å². The Balaban J connectivity index is 3.09. The molecule has 1 aromatic rings. The van der Waals surface area contributed by atoms with Crippen molar-refractivity contribution in [1.82, 2.24) is 19.3 Å². The van der Waals surface area contributed by atoms with Gasteiger partial charge in [0.1, 0.15) is 0 Å². The highest BCUT2D eigenvalue weighted by molar-refractivity contribution is 9.10. The number of aliphatic hydroxyl groups excluding tert-OH is 1. The van der Waals surface area contributed by atoms with Crippen LogP contribution >= 0.6 is 15.9 Å². The molecule has 0 unspecified atom stereocenters. The zero-order valence-corrected chi connectivity index (χ0v) is 12.5. The molecule has 0 aromatic carbocycles. The third kappa shape index (κ3) is 3.26. The largest absolute Gasteiger partial charge is 0.395 e. The van der Waals surface area contributed by atoms with Gasteiger partial charge in [-0.1, -0.05) is 5.21 Å². The van der Waals surface area contributed by atoms with Gasteiger partial charge in [-0.25, -0.2) is 13.1 Å². The van der Waals surface area contributed by atoms with Crippen LogP contribution in [0.4, 0.5) is 0 Å². The predicted molar refractivity (Wildman–Crippen MR) is 66.4 cm³/mol. The van der Waals surface area contributed by atoms with Gasteiger partial charge in [-0.15, -0.1) is 5.10 Å². The summed E-state index contributed by atoms with van der Waals surface area (Å²) in [4.78, 5) is 0. The smallest absolute Gasteiger partial charge is 0.263 e. The quantitative estimate of drug-likeness (QED) is 0.697. The van der Waals surface area contributed by atoms with Crippen LogP contribution in [0, 0.1) is 0 Å². The average molecular weight is 343 g/mol. The average Bonchev–Trinajstić information content (AvgIpc) is 2.64. The molecule has 0 saturated carbocycles. The van der Waals surface area contributed by atoms with Gasteiger partial charge in [0.2, 0.25) is 5.03 Å². The van der Waals surface area contributed by atoms with Crippen molar-refractivity contribution in [2.24, 2.45) is 7.05 Å². The maximum Gasteiger partial charge on any atom is 0.263 e. The van der Waals surface area contributed by atoms with E-state index in [2.05, 4.69) is 26.2 Å². The number of hydrogen-bond acceptors (Lipinski definition) is 6. The molecule has 18 heavy (non-hydrogen) atoms. The van der Waals surface area contributed by atoms with E-state index >= 15 is 0 Å². The van der Waals surface area contributed by atoms with Crippen molar-refractivity contribution in [3.8, 4) is 0 Å². The van der Waals surface area contributed by atoms with Gasteiger partial charge in [0.15, 0.2) is 4.60 Å². The molecular formula is C8H15BrN4O4S. The van der Waals surface area contributed by atoms with Crippen LogP contribution in [0.3, 0.4) is 0 Å². The van der Waals surface area contributed by atoms with E-state index in [1.807, 2.05) is 0 Å². The van der Waals surface area contributed by atoms with Crippen molar-refractivity contribution in [1.29, 1.82) is 0 Å². The van der Waals surface area contributed by atoms with Crippen LogP contribution in [0.5, 0.6) is 0 Å². The maximum atomic E-state index is 12.4. The summed E-state index contributed by atoms with van der Waals surface area (Å²) in [5.41, 5.74) is 0. The lowest BCUT2D eigenvalue weighted by atomic mass is 10.6. The van der Waals surface area contributed by atoms with Crippen molar-refractivity contribution >= 4 is 26.0 Å². The third-order valence-corrected chi connectivity index (χ3v) is 5.00. The molecule has 0 radical (unpaired) electrons. The first-order chi connectivity index (χ1) is 8.45. The molecule has 104 valence electrons. The molecule has 0 spiro atoms. The Bertz CT molecular complexity index is 470. The van der Waals surface area contributed by atoms with Crippen molar-refractivity contribution < 1.29 is 18.3 Å². The molecule has 0 fully saturated rings. The Hall–Kier alpha value is -0.550. The SMILES string of the molecule is COCCN(CCO)S(=O)(=O)c1c(Br)nnn1C. The zero-order valence-electron chi connectivity index (χ0n) is 10.1. The van der Waals surface area contributed by atoms with E-state index in [1.165, 1.54) is 14.2 Å². The predicted octanol–water partition coefficient (Wildman–Crippen LogP) is -0.793. The van der Waals surface area contributed by atoms with Gasteiger partial charge in [0.05, 0.1) is 13.2 Å². The fourth-order valence-electron chi connectivity index (χ4n) is 1.38. The van der Waals surface area contributed by atoms with Crippen LogP contribution in [0.15, 0.2) is 9.63 Å². The van der Waals surface area contributed by atoms with Crippen LogP contribution in [0.25, 0.3) is 0 Å². The van der Waals surface area contributed by atoms with E-state index < -0.39 is 10.0 Å². The summed E-state index contributed by atoms with van der Waals surface area (Å²) in [7, 11) is -0.807. The second-order valence-corrected chi connectivity index (χ2v) is 6.03. The van der Waals surface area contributed by atoms with Gasteiger partial charge >= 0.3 is 0 Å². The minimum absolute atomic E-state index is 0.0106. The number of sulfonamides is 1. The highest BCUT2D eigenvalue weighted by Crippen LogP contribution is 2.21. The molecule has 8 nitrogen and oxygen atoms in total. The zero-order chi connectivity index (χ0) is 13.8. The van der Waals surface area contributed by atoms with Crippen LogP contribution in [0.2, 0.25) is 0 Å². The number of rotatable bonds is 7. The molecule has 0 aliphatic heterocycles. The van der Waals surface area contributed by atoms with Gasteiger partial charge < -0.3 is 9.84 Å². The van der Waals surface area contributed by atoms with Crippen molar-refractivity contribution in [2.75, 3.05) is 33.4 Å². The first kappa shape index (κ1) is 15.5. The Morgan fingerprint density at radius 1 is 1.50 bits per heavy atom. The first-order valence-electron chi connectivity index (χ1n) is 5.10. The van der Waals surface area contributed by atoms with Crippen molar-refractivity contribution in [3.05, 3.63) is 4.60 Å². The summed E-state index contributed by atoms with van der Waals surface area (Å²) < 4.78 is 32.0. The van der Waals surface area contributed by atoms with Gasteiger partial charge in [-0.05, 0) is 15.9 Å². The third-order valence-electron chi connectivity index (χ3n) is 2.22. The van der Waals surface area contributed by atoms with E-state index in [0.29, 0.717) is 0 Å². The van der Waals surface area contributed by atoms with Gasteiger partial charge in [0, 0.05) is 27.2 Å². The lowest BCUT2D eigenvalue weighted by Crippen LogP contribution is -2.37. The molecular weight excluding hydrogens is 328 g/mol. The Labute approximate surface area is 114 Å². The van der Waals surface area contributed by atoms with Crippen LogP contribution in [-0.4, -0.2) is 66.2 Å². The Morgan fingerprint density at radius 3 is 2.61 bits per heavy atom. The summed E-state index contributed by atoms with van der Waals surface area (Å²) in [6, 6.07) is 0. The van der Waals surface area contributed by atoms with Crippen LogP contribution in [-0.2, 0) is 21.8 Å². The number of hydrogen-bond donors (Lipinski definition) is 1. The molecule has 0 bridgehead atoms. The lowest BCUT2D eigenvalue weighted by Gasteiger charge is -2.20. The molecule has 1 aromatic heterocycles. The van der Waals surface area contributed by atoms with E-state index in [9.17, 15) is 8.42 Å². The molecule has 1 N–H and O–H groups in total. The number of aryl methyl sites for hydroxylation is 1. The number of ether oxygens (including phenoxy) is 1. The number of aliphatic hydroxyl groups is 1. The second-order valence-electron chi connectivity index (χ2n) is 3.43. The van der Waals surface area contributed by atoms with Gasteiger partial charge in [0.25, 0.3) is 10.0 Å². The van der Waals surface area contributed by atoms with Crippen LogP contribution in [0.1, 0.15) is 0 Å². The van der Waals surface area contributed by atoms with E-state index in [1.54, 1.807) is 0 Å². The summed E-state index contributed by atoms with van der Waals surface area (Å²) >= 11 is 3.05. The lowest BCUT2D eigenvalue weighted by molar-refractivity contribution is 0.168. The summed E-state index contributed by atoms with van der Waals surface area (Å²) in [6.45, 7) is 0.105. The van der Waals surface area contributed by atoms with E-state index in [4.69, 9.17) is 9.84 Å². The highest BCUT2D eigenvalue weighted by Gasteiger charge is 2.30. The minimum atomic E-state index is -3.77. The molecule has 0 aliphatic carbocycles. The molecule has 1 heterocycles. The fraction of sp³-hybridized carbons (Fsp3) is 0.750. The number of methoxy groups -OCH3 is 1. The van der Waals surface area contributed by atoms with Crippen molar-refractivity contribution in [2.45, 2.75) is 5.03 Å². The summed E-state index contributed by atoms with van der Waals surface area (Å²) in [6.07, 6.45) is 0. The molecule has 1 rings (SSSR count). The maximum absolute atomic E-state index is 12.4. The Kier molecular flexibility index (Phi) is 5.66. The normalized spacial score (nSPS) is 12.3. The topological polar surface area (TPSA) is 97.6 Å². The minimum Gasteiger partial charge on any atom is -0.395 e. The number of aromatic nitrogens is 3. The van der Waals surface area contributed by atoms with Gasteiger partial charge in [-0.3, -0.25) is 0 Å². The number of halogens is 1. The first-order valence-corrected chi connectivity index (χ1v) is 7.33. The Morgan fingerprint density at radius 2 is 2.17 bits per heavy atom. The second kappa shape index (κ2) is 6.57. The molecule has 10 heteroatoms. The molecule has 0 aliphatic rings. The standard InChI is InChI=1S/C8H15BrN4O4S/c1-12-8(7(9)10-11-12)18(15,16)13(3-5-14)4-6-17-2/h14H,3-6H2,1-2H3. The molecule has 0 atom stereocenters. The molecule has 0 saturated heterocycles. The molecule has 0 amide bonds. The van der Waals surface area contributed by atoms with E-state index in [0.717, 1.165) is 8.99 Å².